The minimum atomic E-state index is 0.282. The minimum Gasteiger partial charge on any atom is -0.370 e. The van der Waals surface area contributed by atoms with Crippen molar-refractivity contribution >= 4 is 11.6 Å². The Morgan fingerprint density at radius 2 is 2.04 bits per heavy atom. The van der Waals surface area contributed by atoms with Crippen molar-refractivity contribution in [3.63, 3.8) is 0 Å². The molecule has 6 nitrogen and oxygen atoms in total. The van der Waals surface area contributed by atoms with Crippen LogP contribution in [0.5, 0.6) is 0 Å². The predicted molar refractivity (Wildman–Crippen MR) is 92.6 cm³/mol. The second-order valence-corrected chi connectivity index (χ2v) is 5.75. The third kappa shape index (κ3) is 5.39. The molecular formula is C17H25N5O. The van der Waals surface area contributed by atoms with E-state index in [4.69, 9.17) is 10.3 Å². The highest BCUT2D eigenvalue weighted by Gasteiger charge is 2.08. The lowest BCUT2D eigenvalue weighted by Crippen LogP contribution is -2.22. The molecule has 0 saturated carbocycles. The maximum atomic E-state index is 5.89. The molecule has 0 bridgehead atoms. The zero-order valence-corrected chi connectivity index (χ0v) is 14.0. The second-order valence-electron chi connectivity index (χ2n) is 5.75. The van der Waals surface area contributed by atoms with E-state index in [0.717, 1.165) is 24.4 Å². The lowest BCUT2D eigenvalue weighted by atomic mass is 10.1. The first-order chi connectivity index (χ1) is 11.1. The molecule has 2 rings (SSSR count). The summed E-state index contributed by atoms with van der Waals surface area (Å²) >= 11 is 0. The van der Waals surface area contributed by atoms with Gasteiger partial charge in [-0.05, 0) is 30.5 Å². The molecule has 1 heterocycles. The van der Waals surface area contributed by atoms with Crippen LogP contribution in [-0.4, -0.2) is 22.6 Å². The van der Waals surface area contributed by atoms with Crippen LogP contribution in [0.2, 0.25) is 0 Å². The summed E-state index contributed by atoms with van der Waals surface area (Å²) in [4.78, 5) is 8.65. The molecule has 0 atom stereocenters. The Bertz CT molecular complexity index is 631. The van der Waals surface area contributed by atoms with Gasteiger partial charge in [0.05, 0.1) is 0 Å². The van der Waals surface area contributed by atoms with Gasteiger partial charge in [0.25, 0.3) is 0 Å². The molecule has 3 N–H and O–H groups in total. The lowest BCUT2D eigenvalue weighted by molar-refractivity contribution is 0.369. The maximum absolute atomic E-state index is 5.89. The van der Waals surface area contributed by atoms with Crippen LogP contribution in [0.15, 0.2) is 33.8 Å². The van der Waals surface area contributed by atoms with E-state index in [9.17, 15) is 0 Å². The average Bonchev–Trinajstić information content (AvgIpc) is 3.01. The van der Waals surface area contributed by atoms with E-state index in [-0.39, 0.29) is 5.92 Å². The number of benzene rings is 1. The predicted octanol–water partition coefficient (Wildman–Crippen LogP) is 3.11. The Hall–Kier alpha value is -2.37. The molecule has 0 amide bonds. The summed E-state index contributed by atoms with van der Waals surface area (Å²) in [7, 11) is 0. The zero-order chi connectivity index (χ0) is 16.7. The molecule has 2 aromatic rings. The normalized spacial score (nSPS) is 11.9. The summed E-state index contributed by atoms with van der Waals surface area (Å²) in [6.07, 6.45) is 2.55. The van der Waals surface area contributed by atoms with Crippen LogP contribution >= 0.6 is 0 Å². The number of nitrogens with two attached hydrogens (primary N) is 1. The first kappa shape index (κ1) is 17.0. The Morgan fingerprint density at radius 3 is 2.65 bits per heavy atom. The van der Waals surface area contributed by atoms with Crippen LogP contribution in [0.1, 0.15) is 50.4 Å². The van der Waals surface area contributed by atoms with Gasteiger partial charge in [-0.25, -0.2) is 0 Å². The lowest BCUT2D eigenvalue weighted by Gasteiger charge is -2.06. The van der Waals surface area contributed by atoms with Crippen molar-refractivity contribution in [2.45, 2.75) is 46.0 Å². The fourth-order valence-corrected chi connectivity index (χ4v) is 2.05. The molecule has 0 aliphatic heterocycles. The molecule has 23 heavy (non-hydrogen) atoms. The van der Waals surface area contributed by atoms with Gasteiger partial charge in [0, 0.05) is 24.6 Å². The summed E-state index contributed by atoms with van der Waals surface area (Å²) in [6.45, 7) is 6.83. The van der Waals surface area contributed by atoms with Crippen LogP contribution in [0.25, 0.3) is 0 Å². The summed E-state index contributed by atoms with van der Waals surface area (Å²) < 4.78 is 5.19. The van der Waals surface area contributed by atoms with Crippen molar-refractivity contribution in [3.8, 4) is 0 Å². The topological polar surface area (TPSA) is 89.3 Å². The van der Waals surface area contributed by atoms with Gasteiger partial charge in [-0.3, -0.25) is 4.99 Å². The number of anilines is 1. The van der Waals surface area contributed by atoms with Crippen molar-refractivity contribution in [1.82, 2.24) is 10.1 Å². The molecular weight excluding hydrogens is 290 g/mol. The third-order valence-electron chi connectivity index (χ3n) is 3.47. The van der Waals surface area contributed by atoms with E-state index in [2.05, 4.69) is 39.5 Å². The summed E-state index contributed by atoms with van der Waals surface area (Å²) in [6, 6.07) is 8.18. The molecule has 1 aromatic heterocycles. The molecule has 0 aliphatic rings. The van der Waals surface area contributed by atoms with Gasteiger partial charge >= 0.3 is 0 Å². The van der Waals surface area contributed by atoms with Gasteiger partial charge in [-0.15, -0.1) is 0 Å². The average molecular weight is 315 g/mol. The Balaban J connectivity index is 1.75. The largest absolute Gasteiger partial charge is 0.370 e. The number of aliphatic imine (C=N–C) groups is 1. The van der Waals surface area contributed by atoms with E-state index >= 15 is 0 Å². The van der Waals surface area contributed by atoms with Gasteiger partial charge in [0.2, 0.25) is 5.89 Å². The maximum Gasteiger partial charge on any atom is 0.226 e. The van der Waals surface area contributed by atoms with E-state index in [1.54, 1.807) is 0 Å². The first-order valence-corrected chi connectivity index (χ1v) is 8.06. The molecule has 0 saturated heterocycles. The smallest absolute Gasteiger partial charge is 0.226 e. The van der Waals surface area contributed by atoms with Gasteiger partial charge in [-0.2, -0.15) is 4.98 Å². The van der Waals surface area contributed by atoms with Crippen LogP contribution in [0.3, 0.4) is 0 Å². The van der Waals surface area contributed by atoms with Crippen molar-refractivity contribution < 1.29 is 4.52 Å². The fraction of sp³-hybridized carbons (Fsp3) is 0.471. The number of nitrogens with zero attached hydrogens (tertiary/aromatic N) is 3. The highest BCUT2D eigenvalue weighted by atomic mass is 16.5. The molecule has 0 unspecified atom stereocenters. The first-order valence-electron chi connectivity index (χ1n) is 8.06. The number of rotatable bonds is 7. The van der Waals surface area contributed by atoms with Crippen molar-refractivity contribution in [2.75, 3.05) is 11.9 Å². The molecule has 0 aliphatic carbocycles. The number of aryl methyl sites for hydroxylation is 2. The van der Waals surface area contributed by atoms with Crippen LogP contribution in [0, 0.1) is 0 Å². The van der Waals surface area contributed by atoms with Crippen molar-refractivity contribution in [1.29, 1.82) is 0 Å². The van der Waals surface area contributed by atoms with Gasteiger partial charge in [0.15, 0.2) is 11.8 Å². The highest BCUT2D eigenvalue weighted by Crippen LogP contribution is 2.11. The highest BCUT2D eigenvalue weighted by molar-refractivity contribution is 5.92. The number of aromatic nitrogens is 2. The van der Waals surface area contributed by atoms with E-state index in [1.807, 2.05) is 26.0 Å². The van der Waals surface area contributed by atoms with Crippen molar-refractivity contribution in [2.24, 2.45) is 10.7 Å². The van der Waals surface area contributed by atoms with E-state index in [1.165, 1.54) is 5.56 Å². The number of nitrogens with one attached hydrogen (secondary N) is 1. The van der Waals surface area contributed by atoms with Gasteiger partial charge in [0.1, 0.15) is 0 Å². The number of hydrogen-bond donors (Lipinski definition) is 2. The molecule has 0 fully saturated rings. The quantitative estimate of drug-likeness (QED) is 0.465. The third-order valence-corrected chi connectivity index (χ3v) is 3.47. The van der Waals surface area contributed by atoms with E-state index in [0.29, 0.717) is 24.8 Å². The Kier molecular flexibility index (Phi) is 6.14. The molecule has 124 valence electrons. The summed E-state index contributed by atoms with van der Waals surface area (Å²) in [5, 5.41) is 7.03. The van der Waals surface area contributed by atoms with Gasteiger partial charge < -0.3 is 15.6 Å². The Labute approximate surface area is 137 Å². The number of guanidine groups is 1. The van der Waals surface area contributed by atoms with Gasteiger partial charge in [-0.1, -0.05) is 38.1 Å². The van der Waals surface area contributed by atoms with Crippen molar-refractivity contribution in [3.05, 3.63) is 41.5 Å². The summed E-state index contributed by atoms with van der Waals surface area (Å²) in [5.41, 5.74) is 8.13. The van der Waals surface area contributed by atoms with Crippen LogP contribution < -0.4 is 11.1 Å². The summed E-state index contributed by atoms with van der Waals surface area (Å²) in [5.74, 6) is 2.11. The SMILES string of the molecule is CCc1ccc(NC(N)=NCCCc2nc(C(C)C)no2)cc1. The molecule has 6 heteroatoms. The molecule has 1 aromatic carbocycles. The minimum absolute atomic E-state index is 0.282. The number of hydrogen-bond acceptors (Lipinski definition) is 4. The zero-order valence-electron chi connectivity index (χ0n) is 14.0. The van der Waals surface area contributed by atoms with Crippen LogP contribution in [-0.2, 0) is 12.8 Å². The standard InChI is InChI=1S/C17H25N5O/c1-4-13-7-9-14(10-8-13)20-17(18)19-11-5-6-15-21-16(12(2)3)22-23-15/h7-10,12H,4-6,11H2,1-3H3,(H3,18,19,20). The molecule has 0 spiro atoms. The van der Waals surface area contributed by atoms with Crippen LogP contribution in [0.4, 0.5) is 5.69 Å². The molecule has 0 radical (unpaired) electrons. The monoisotopic (exact) mass is 315 g/mol. The fourth-order valence-electron chi connectivity index (χ4n) is 2.05. The van der Waals surface area contributed by atoms with E-state index < -0.39 is 0 Å². The second kappa shape index (κ2) is 8.31. The Morgan fingerprint density at radius 1 is 1.30 bits per heavy atom.